The standard InChI is InChI=1S/C18H24N2O3S/c1-13(2)17-15-12-14(8-9-16(15)19(3)18(17)21)24(22,23)20-10-6-4-5-7-11-20/h8-9,12H,4-7,10-11H2,1-3H3. The van der Waals surface area contributed by atoms with Crippen molar-refractivity contribution in [1.29, 1.82) is 0 Å². The van der Waals surface area contributed by atoms with Gasteiger partial charge in [0.25, 0.3) is 5.91 Å². The molecule has 0 spiro atoms. The number of hydrogen-bond donors (Lipinski definition) is 0. The molecule has 2 heterocycles. The highest BCUT2D eigenvalue weighted by atomic mass is 32.2. The number of allylic oxidation sites excluding steroid dienone is 1. The molecule has 6 heteroatoms. The van der Waals surface area contributed by atoms with E-state index < -0.39 is 10.0 Å². The Hall–Kier alpha value is -1.66. The second kappa shape index (κ2) is 6.33. The minimum absolute atomic E-state index is 0.0747. The Morgan fingerprint density at radius 1 is 1.04 bits per heavy atom. The number of carbonyl (C=O) groups excluding carboxylic acids is 1. The predicted molar refractivity (Wildman–Crippen MR) is 95.3 cm³/mol. The van der Waals surface area contributed by atoms with Gasteiger partial charge in [0.05, 0.1) is 10.6 Å². The zero-order valence-electron chi connectivity index (χ0n) is 14.5. The largest absolute Gasteiger partial charge is 0.311 e. The van der Waals surface area contributed by atoms with Crippen LogP contribution in [0.3, 0.4) is 0 Å². The van der Waals surface area contributed by atoms with Crippen LogP contribution < -0.4 is 4.90 Å². The molecule has 130 valence electrons. The average Bonchev–Trinajstić information content (AvgIpc) is 2.74. The molecule has 0 aliphatic carbocycles. The smallest absolute Gasteiger partial charge is 0.258 e. The number of carbonyl (C=O) groups is 1. The molecular formula is C18H24N2O3S. The van der Waals surface area contributed by atoms with Gasteiger partial charge in [-0.05, 0) is 44.9 Å². The average molecular weight is 348 g/mol. The first-order valence-electron chi connectivity index (χ1n) is 8.44. The van der Waals surface area contributed by atoms with Crippen molar-refractivity contribution in [1.82, 2.24) is 4.31 Å². The number of hydrogen-bond acceptors (Lipinski definition) is 3. The zero-order chi connectivity index (χ0) is 17.5. The minimum atomic E-state index is -3.51. The molecular weight excluding hydrogens is 324 g/mol. The predicted octanol–water partition coefficient (Wildman–Crippen LogP) is 3.02. The van der Waals surface area contributed by atoms with Crippen LogP contribution in [0.25, 0.3) is 5.57 Å². The van der Waals surface area contributed by atoms with E-state index in [1.165, 1.54) is 0 Å². The molecule has 24 heavy (non-hydrogen) atoms. The van der Waals surface area contributed by atoms with Crippen molar-refractivity contribution in [3.63, 3.8) is 0 Å². The maximum Gasteiger partial charge on any atom is 0.258 e. The van der Waals surface area contributed by atoms with E-state index in [9.17, 15) is 13.2 Å². The van der Waals surface area contributed by atoms with Crippen molar-refractivity contribution < 1.29 is 13.2 Å². The lowest BCUT2D eigenvalue weighted by atomic mass is 10.0. The molecule has 5 nitrogen and oxygen atoms in total. The Balaban J connectivity index is 2.06. The van der Waals surface area contributed by atoms with Crippen molar-refractivity contribution in [2.75, 3.05) is 25.0 Å². The van der Waals surface area contributed by atoms with E-state index in [0.717, 1.165) is 42.5 Å². The quantitative estimate of drug-likeness (QED) is 0.772. The molecule has 0 aromatic heterocycles. The first-order chi connectivity index (χ1) is 11.3. The number of amides is 1. The van der Waals surface area contributed by atoms with Gasteiger partial charge in [-0.1, -0.05) is 18.4 Å². The van der Waals surface area contributed by atoms with Gasteiger partial charge in [0, 0.05) is 31.3 Å². The molecule has 0 radical (unpaired) electrons. The van der Waals surface area contributed by atoms with E-state index in [4.69, 9.17) is 0 Å². The maximum atomic E-state index is 13.0. The van der Waals surface area contributed by atoms with E-state index in [1.807, 2.05) is 13.8 Å². The topological polar surface area (TPSA) is 57.7 Å². The summed E-state index contributed by atoms with van der Waals surface area (Å²) in [4.78, 5) is 14.3. The van der Waals surface area contributed by atoms with E-state index >= 15 is 0 Å². The number of anilines is 1. The van der Waals surface area contributed by atoms with Crippen LogP contribution in [0.1, 0.15) is 45.1 Å². The molecule has 2 aliphatic rings. The van der Waals surface area contributed by atoms with Gasteiger partial charge in [-0.3, -0.25) is 4.79 Å². The zero-order valence-corrected chi connectivity index (χ0v) is 15.3. The molecule has 1 saturated heterocycles. The molecule has 0 saturated carbocycles. The summed E-state index contributed by atoms with van der Waals surface area (Å²) in [5.74, 6) is -0.0747. The van der Waals surface area contributed by atoms with E-state index in [2.05, 4.69) is 0 Å². The number of sulfonamides is 1. The molecule has 0 atom stereocenters. The van der Waals surface area contributed by atoms with Crippen LogP contribution in [-0.2, 0) is 14.8 Å². The van der Waals surface area contributed by atoms with Crippen LogP contribution >= 0.6 is 0 Å². The maximum absolute atomic E-state index is 13.0. The van der Waals surface area contributed by atoms with Gasteiger partial charge < -0.3 is 4.90 Å². The number of likely N-dealkylation sites (N-methyl/N-ethyl adjacent to an activating group) is 1. The van der Waals surface area contributed by atoms with Crippen LogP contribution in [0.15, 0.2) is 28.7 Å². The number of rotatable bonds is 2. The monoisotopic (exact) mass is 348 g/mol. The summed E-state index contributed by atoms with van der Waals surface area (Å²) in [6.07, 6.45) is 3.98. The van der Waals surface area contributed by atoms with E-state index in [1.54, 1.807) is 34.5 Å². The second-order valence-corrected chi connectivity index (χ2v) is 8.67. The van der Waals surface area contributed by atoms with Gasteiger partial charge in [-0.25, -0.2) is 8.42 Å². The summed E-state index contributed by atoms with van der Waals surface area (Å²) >= 11 is 0. The fourth-order valence-electron chi connectivity index (χ4n) is 3.47. The molecule has 3 rings (SSSR count). The van der Waals surface area contributed by atoms with Crippen molar-refractivity contribution >= 4 is 27.2 Å². The number of nitrogens with zero attached hydrogens (tertiary/aromatic N) is 2. The third-order valence-corrected chi connectivity index (χ3v) is 6.71. The van der Waals surface area contributed by atoms with Crippen LogP contribution in [0.5, 0.6) is 0 Å². The molecule has 2 aliphatic heterocycles. The van der Waals surface area contributed by atoms with Crippen molar-refractivity contribution in [2.45, 2.75) is 44.4 Å². The molecule has 0 unspecified atom stereocenters. The number of benzene rings is 1. The normalized spacial score (nSPS) is 19.4. The van der Waals surface area contributed by atoms with Crippen molar-refractivity contribution in [3.05, 3.63) is 29.3 Å². The summed E-state index contributed by atoms with van der Waals surface area (Å²) in [6.45, 7) is 4.92. The summed E-state index contributed by atoms with van der Waals surface area (Å²) in [5.41, 5.74) is 3.00. The Morgan fingerprint density at radius 2 is 1.67 bits per heavy atom. The van der Waals surface area contributed by atoms with Gasteiger partial charge >= 0.3 is 0 Å². The molecule has 1 fully saturated rings. The fourth-order valence-corrected chi connectivity index (χ4v) is 5.02. The highest BCUT2D eigenvalue weighted by Crippen LogP contribution is 2.39. The third kappa shape index (κ3) is 2.78. The van der Waals surface area contributed by atoms with Crippen LogP contribution in [0.4, 0.5) is 5.69 Å². The Morgan fingerprint density at radius 3 is 2.25 bits per heavy atom. The van der Waals surface area contributed by atoms with E-state index in [0.29, 0.717) is 18.7 Å². The summed E-state index contributed by atoms with van der Waals surface area (Å²) in [7, 11) is -1.79. The second-order valence-electron chi connectivity index (χ2n) is 6.74. The molecule has 1 aromatic rings. The van der Waals surface area contributed by atoms with Crippen LogP contribution in [0, 0.1) is 0 Å². The highest BCUT2D eigenvalue weighted by Gasteiger charge is 2.33. The molecule has 1 aromatic carbocycles. The highest BCUT2D eigenvalue weighted by molar-refractivity contribution is 7.89. The summed E-state index contributed by atoms with van der Waals surface area (Å²) in [5, 5.41) is 0. The lowest BCUT2D eigenvalue weighted by Gasteiger charge is -2.20. The molecule has 0 bridgehead atoms. The van der Waals surface area contributed by atoms with Gasteiger partial charge in [0.1, 0.15) is 0 Å². The third-order valence-electron chi connectivity index (χ3n) is 4.82. The van der Waals surface area contributed by atoms with Crippen LogP contribution in [0.2, 0.25) is 0 Å². The lowest BCUT2D eigenvalue weighted by Crippen LogP contribution is -2.32. The van der Waals surface area contributed by atoms with Gasteiger partial charge in [0.15, 0.2) is 0 Å². The molecule has 1 amide bonds. The van der Waals surface area contributed by atoms with Crippen LogP contribution in [-0.4, -0.2) is 38.8 Å². The lowest BCUT2D eigenvalue weighted by molar-refractivity contribution is -0.112. The van der Waals surface area contributed by atoms with Gasteiger partial charge in [-0.2, -0.15) is 4.31 Å². The minimum Gasteiger partial charge on any atom is -0.311 e. The Labute approximate surface area is 144 Å². The van der Waals surface area contributed by atoms with E-state index in [-0.39, 0.29) is 10.8 Å². The van der Waals surface area contributed by atoms with Crippen molar-refractivity contribution in [3.8, 4) is 0 Å². The number of fused-ring (bicyclic) bond motifs is 1. The van der Waals surface area contributed by atoms with Gasteiger partial charge in [0.2, 0.25) is 10.0 Å². The Kier molecular flexibility index (Phi) is 4.53. The van der Waals surface area contributed by atoms with Crippen molar-refractivity contribution in [2.24, 2.45) is 0 Å². The Bertz CT molecular complexity index is 800. The fraction of sp³-hybridized carbons (Fsp3) is 0.500. The summed E-state index contributed by atoms with van der Waals surface area (Å²) in [6, 6.07) is 5.03. The first kappa shape index (κ1) is 17.2. The summed E-state index contributed by atoms with van der Waals surface area (Å²) < 4.78 is 27.6. The molecule has 0 N–H and O–H groups in total. The SMILES string of the molecule is CC(C)=C1C(=O)N(C)c2ccc(S(=O)(=O)N3CCCCCC3)cc21. The van der Waals surface area contributed by atoms with Gasteiger partial charge in [-0.15, -0.1) is 0 Å². The first-order valence-corrected chi connectivity index (χ1v) is 9.88.